The lowest BCUT2D eigenvalue weighted by Gasteiger charge is -2.18. The Hall–Kier alpha value is -3.06. The van der Waals surface area contributed by atoms with E-state index in [0.29, 0.717) is 0 Å². The number of fused-ring (bicyclic) bond motifs is 4. The van der Waals surface area contributed by atoms with Gasteiger partial charge in [-0.15, -0.1) is 0 Å². The summed E-state index contributed by atoms with van der Waals surface area (Å²) in [4.78, 5) is 0. The fraction of sp³-hybridized carbons (Fsp3) is 0.185. The van der Waals surface area contributed by atoms with Crippen molar-refractivity contribution >= 4 is 10.8 Å². The van der Waals surface area contributed by atoms with Crippen molar-refractivity contribution in [2.45, 2.75) is 26.2 Å². The zero-order chi connectivity index (χ0) is 18.9. The smallest absolute Gasteiger partial charge is 0.127 e. The molecule has 138 valence electrons. The van der Waals surface area contributed by atoms with Gasteiger partial charge in [0.25, 0.3) is 0 Å². The molecule has 0 aliphatic heterocycles. The predicted molar refractivity (Wildman–Crippen MR) is 118 cm³/mol. The van der Waals surface area contributed by atoms with Crippen LogP contribution in [0.25, 0.3) is 33.0 Å². The lowest BCUT2D eigenvalue weighted by atomic mass is 9.91. The molecule has 1 aliphatic carbocycles. The molecule has 5 rings (SSSR count). The van der Waals surface area contributed by atoms with Crippen molar-refractivity contribution in [3.8, 4) is 28.0 Å². The molecule has 0 unspecified atom stereocenters. The van der Waals surface area contributed by atoms with E-state index >= 15 is 0 Å². The van der Waals surface area contributed by atoms with Gasteiger partial charge in [-0.1, -0.05) is 86.1 Å². The quantitative estimate of drug-likeness (QED) is 0.298. The van der Waals surface area contributed by atoms with E-state index in [2.05, 4.69) is 85.8 Å². The zero-order valence-electron chi connectivity index (χ0n) is 16.2. The maximum atomic E-state index is 6.30. The molecule has 0 bridgehead atoms. The second-order valence-electron chi connectivity index (χ2n) is 7.53. The fourth-order valence-electron chi connectivity index (χ4n) is 4.38. The van der Waals surface area contributed by atoms with Crippen molar-refractivity contribution in [1.82, 2.24) is 0 Å². The van der Waals surface area contributed by atoms with Gasteiger partial charge < -0.3 is 4.74 Å². The van der Waals surface area contributed by atoms with Crippen LogP contribution in [0, 0.1) is 0 Å². The van der Waals surface area contributed by atoms with Gasteiger partial charge in [0.1, 0.15) is 5.75 Å². The first kappa shape index (κ1) is 17.1. The highest BCUT2D eigenvalue weighted by molar-refractivity contribution is 6.01. The number of hydrogen-bond donors (Lipinski definition) is 0. The van der Waals surface area contributed by atoms with Crippen molar-refractivity contribution in [3.05, 3.63) is 90.0 Å². The Bertz CT molecular complexity index is 1150. The summed E-state index contributed by atoms with van der Waals surface area (Å²) < 4.78 is 6.30. The summed E-state index contributed by atoms with van der Waals surface area (Å²) >= 11 is 0. The summed E-state index contributed by atoms with van der Waals surface area (Å²) in [7, 11) is 0. The zero-order valence-corrected chi connectivity index (χ0v) is 16.2. The highest BCUT2D eigenvalue weighted by Crippen LogP contribution is 2.47. The molecule has 28 heavy (non-hydrogen) atoms. The Morgan fingerprint density at radius 3 is 2.46 bits per heavy atom. The van der Waals surface area contributed by atoms with Crippen LogP contribution in [0.15, 0.2) is 78.9 Å². The summed E-state index contributed by atoms with van der Waals surface area (Å²) in [6, 6.07) is 28.4. The average Bonchev–Trinajstić information content (AvgIpc) is 3.12. The first-order valence-electron chi connectivity index (χ1n) is 10.2. The van der Waals surface area contributed by atoms with Crippen LogP contribution >= 0.6 is 0 Å². The predicted octanol–water partition coefficient (Wildman–Crippen LogP) is 7.26. The van der Waals surface area contributed by atoms with Crippen molar-refractivity contribution < 1.29 is 4.74 Å². The van der Waals surface area contributed by atoms with Gasteiger partial charge >= 0.3 is 0 Å². The first-order valence-corrected chi connectivity index (χ1v) is 10.2. The monoisotopic (exact) mass is 364 g/mol. The molecular weight excluding hydrogens is 340 g/mol. The molecule has 0 atom stereocenters. The SMILES string of the molecule is CCCCOc1ccc2c(c1-c1cccc3ccccc13)Cc1ccccc1-2. The van der Waals surface area contributed by atoms with Crippen molar-refractivity contribution in [1.29, 1.82) is 0 Å². The van der Waals surface area contributed by atoms with E-state index in [1.54, 1.807) is 0 Å². The summed E-state index contributed by atoms with van der Waals surface area (Å²) in [5.41, 5.74) is 8.05. The minimum atomic E-state index is 0.764. The van der Waals surface area contributed by atoms with Gasteiger partial charge in [-0.3, -0.25) is 0 Å². The minimum absolute atomic E-state index is 0.764. The molecular formula is C27H24O. The standard InChI is InChI=1S/C27H24O/c1-2-3-17-28-26-16-15-23-22-13-7-5-10-20(22)18-25(23)27(26)24-14-8-11-19-9-4-6-12-21(19)24/h4-16H,2-3,17-18H2,1H3. The third-order valence-electron chi connectivity index (χ3n) is 5.76. The molecule has 4 aromatic carbocycles. The molecule has 4 aromatic rings. The van der Waals surface area contributed by atoms with Crippen molar-refractivity contribution in [3.63, 3.8) is 0 Å². The van der Waals surface area contributed by atoms with E-state index < -0.39 is 0 Å². The van der Waals surface area contributed by atoms with Gasteiger partial charge in [0.15, 0.2) is 0 Å². The van der Waals surface area contributed by atoms with Crippen LogP contribution in [0.5, 0.6) is 5.75 Å². The summed E-state index contributed by atoms with van der Waals surface area (Å²) in [6.45, 7) is 2.97. The Kier molecular flexibility index (Phi) is 4.37. The number of ether oxygens (including phenoxy) is 1. The van der Waals surface area contributed by atoms with E-state index in [9.17, 15) is 0 Å². The molecule has 1 heteroatoms. The van der Waals surface area contributed by atoms with Crippen LogP contribution in [0.1, 0.15) is 30.9 Å². The summed E-state index contributed by atoms with van der Waals surface area (Å²) in [6.07, 6.45) is 3.18. The van der Waals surface area contributed by atoms with Gasteiger partial charge in [0, 0.05) is 5.56 Å². The maximum absolute atomic E-state index is 6.30. The third kappa shape index (κ3) is 2.79. The van der Waals surface area contributed by atoms with Crippen molar-refractivity contribution in [2.75, 3.05) is 6.61 Å². The van der Waals surface area contributed by atoms with Gasteiger partial charge in [-0.25, -0.2) is 0 Å². The van der Waals surface area contributed by atoms with Crippen molar-refractivity contribution in [2.24, 2.45) is 0 Å². The Morgan fingerprint density at radius 2 is 1.54 bits per heavy atom. The highest BCUT2D eigenvalue weighted by Gasteiger charge is 2.25. The molecule has 1 nitrogen and oxygen atoms in total. The molecule has 0 N–H and O–H groups in total. The van der Waals surface area contributed by atoms with E-state index in [1.165, 1.54) is 44.2 Å². The number of rotatable bonds is 5. The van der Waals surface area contributed by atoms with E-state index in [1.807, 2.05) is 0 Å². The number of unbranched alkanes of at least 4 members (excludes halogenated alkanes) is 1. The van der Waals surface area contributed by atoms with Crippen LogP contribution < -0.4 is 4.74 Å². The second kappa shape index (κ2) is 7.16. The molecule has 0 spiro atoms. The maximum Gasteiger partial charge on any atom is 0.127 e. The van der Waals surface area contributed by atoms with E-state index in [0.717, 1.165) is 31.6 Å². The normalized spacial score (nSPS) is 12.0. The molecule has 0 fully saturated rings. The van der Waals surface area contributed by atoms with Crippen LogP contribution in [0.3, 0.4) is 0 Å². The Morgan fingerprint density at radius 1 is 0.750 bits per heavy atom. The highest BCUT2D eigenvalue weighted by atomic mass is 16.5. The lowest BCUT2D eigenvalue weighted by Crippen LogP contribution is -2.01. The molecule has 0 saturated carbocycles. The van der Waals surface area contributed by atoms with Gasteiger partial charge in [0.2, 0.25) is 0 Å². The largest absolute Gasteiger partial charge is 0.493 e. The van der Waals surface area contributed by atoms with E-state index in [-0.39, 0.29) is 0 Å². The molecule has 0 heterocycles. The van der Waals surface area contributed by atoms with Gasteiger partial charge in [-0.05, 0) is 57.5 Å². The molecule has 0 saturated heterocycles. The molecule has 0 amide bonds. The van der Waals surface area contributed by atoms with E-state index in [4.69, 9.17) is 4.74 Å². The fourth-order valence-corrected chi connectivity index (χ4v) is 4.38. The van der Waals surface area contributed by atoms with Crippen LogP contribution in [-0.4, -0.2) is 6.61 Å². The molecule has 1 aliphatic rings. The number of hydrogen-bond acceptors (Lipinski definition) is 1. The summed E-state index contributed by atoms with van der Waals surface area (Å²) in [5.74, 6) is 1.01. The average molecular weight is 364 g/mol. The first-order chi connectivity index (χ1) is 13.9. The topological polar surface area (TPSA) is 9.23 Å². The van der Waals surface area contributed by atoms with Gasteiger partial charge in [-0.2, -0.15) is 0 Å². The molecule has 0 radical (unpaired) electrons. The van der Waals surface area contributed by atoms with Crippen LogP contribution in [0.4, 0.5) is 0 Å². The summed E-state index contributed by atoms with van der Waals surface area (Å²) in [5, 5.41) is 2.56. The van der Waals surface area contributed by atoms with Gasteiger partial charge in [0.05, 0.1) is 6.61 Å². The molecule has 0 aromatic heterocycles. The minimum Gasteiger partial charge on any atom is -0.493 e. The Balaban J connectivity index is 1.75. The lowest BCUT2D eigenvalue weighted by molar-refractivity contribution is 0.310. The van der Waals surface area contributed by atoms with Crippen LogP contribution in [0.2, 0.25) is 0 Å². The van der Waals surface area contributed by atoms with Crippen LogP contribution in [-0.2, 0) is 6.42 Å². The number of benzene rings is 4. The second-order valence-corrected chi connectivity index (χ2v) is 7.53. The Labute approximate surface area is 166 Å². The third-order valence-corrected chi connectivity index (χ3v) is 5.76.